The Balaban J connectivity index is 1.61. The van der Waals surface area contributed by atoms with Gasteiger partial charge in [0.05, 0.1) is 6.10 Å². The van der Waals surface area contributed by atoms with Gasteiger partial charge in [0.15, 0.2) is 6.10 Å². The van der Waals surface area contributed by atoms with Gasteiger partial charge in [0.1, 0.15) is 0 Å². The molecule has 2 fully saturated rings. The van der Waals surface area contributed by atoms with Crippen LogP contribution in [0.5, 0.6) is 0 Å². The minimum Gasteiger partial charge on any atom is -0.370 e. The van der Waals surface area contributed by atoms with E-state index in [1.165, 1.54) is 5.69 Å². The monoisotopic (exact) mass is 260 g/mol. The number of para-hydroxylation sites is 1. The van der Waals surface area contributed by atoms with E-state index in [-0.39, 0.29) is 18.1 Å². The number of nitrogens with zero attached hydrogens (tertiary/aromatic N) is 2. The zero-order valence-electron chi connectivity index (χ0n) is 11.3. The van der Waals surface area contributed by atoms with Crippen LogP contribution in [-0.2, 0) is 9.53 Å². The molecular weight excluding hydrogens is 240 g/mol. The standard InChI is InChI=1S/C15H20N2O2/c1-12-14(19-12)15(18)17-9-5-8-16(10-11-17)13-6-3-2-4-7-13/h2-4,6-7,12,14H,5,8-11H2,1H3/t12-,14+/m0/s1. The molecule has 4 nitrogen and oxygen atoms in total. The van der Waals surface area contributed by atoms with Crippen LogP contribution in [0.2, 0.25) is 0 Å². The summed E-state index contributed by atoms with van der Waals surface area (Å²) in [6.45, 7) is 5.50. The second kappa shape index (κ2) is 5.21. The van der Waals surface area contributed by atoms with Gasteiger partial charge in [0.25, 0.3) is 5.91 Å². The maximum absolute atomic E-state index is 12.1. The topological polar surface area (TPSA) is 36.1 Å². The van der Waals surface area contributed by atoms with Crippen molar-refractivity contribution >= 4 is 11.6 Å². The first kappa shape index (κ1) is 12.5. The average molecular weight is 260 g/mol. The molecule has 3 rings (SSSR count). The second-order valence-electron chi connectivity index (χ2n) is 5.26. The molecule has 0 aromatic heterocycles. The summed E-state index contributed by atoms with van der Waals surface area (Å²) in [5.41, 5.74) is 1.24. The third-order valence-electron chi connectivity index (χ3n) is 3.88. The molecule has 2 saturated heterocycles. The van der Waals surface area contributed by atoms with Crippen molar-refractivity contribution in [2.24, 2.45) is 0 Å². The van der Waals surface area contributed by atoms with Crippen molar-refractivity contribution in [2.45, 2.75) is 25.6 Å². The van der Waals surface area contributed by atoms with Gasteiger partial charge in [-0.05, 0) is 25.5 Å². The molecule has 0 aliphatic carbocycles. The lowest BCUT2D eigenvalue weighted by molar-refractivity contribution is -0.132. The third-order valence-corrected chi connectivity index (χ3v) is 3.88. The number of anilines is 1. The predicted molar refractivity (Wildman–Crippen MR) is 74.2 cm³/mol. The van der Waals surface area contributed by atoms with Crippen LogP contribution in [0, 0.1) is 0 Å². The Labute approximate surface area is 113 Å². The molecule has 2 atom stereocenters. The highest BCUT2D eigenvalue weighted by Gasteiger charge is 2.43. The molecule has 0 bridgehead atoms. The number of epoxide rings is 1. The van der Waals surface area contributed by atoms with Crippen LogP contribution in [-0.4, -0.2) is 49.2 Å². The van der Waals surface area contributed by atoms with Crippen molar-refractivity contribution < 1.29 is 9.53 Å². The first-order chi connectivity index (χ1) is 9.25. The van der Waals surface area contributed by atoms with Crippen molar-refractivity contribution in [1.82, 2.24) is 4.90 Å². The van der Waals surface area contributed by atoms with Crippen LogP contribution in [0.4, 0.5) is 5.69 Å². The van der Waals surface area contributed by atoms with Crippen molar-refractivity contribution in [3.8, 4) is 0 Å². The van der Waals surface area contributed by atoms with E-state index in [4.69, 9.17) is 4.74 Å². The van der Waals surface area contributed by atoms with Crippen molar-refractivity contribution in [1.29, 1.82) is 0 Å². The van der Waals surface area contributed by atoms with Gasteiger partial charge in [-0.1, -0.05) is 18.2 Å². The highest BCUT2D eigenvalue weighted by atomic mass is 16.6. The molecule has 0 unspecified atom stereocenters. The first-order valence-corrected chi connectivity index (χ1v) is 7.00. The second-order valence-corrected chi connectivity index (χ2v) is 5.26. The van der Waals surface area contributed by atoms with E-state index >= 15 is 0 Å². The minimum atomic E-state index is -0.178. The van der Waals surface area contributed by atoms with E-state index in [1.54, 1.807) is 0 Å². The Bertz CT molecular complexity index is 449. The lowest BCUT2D eigenvalue weighted by atomic mass is 10.3. The van der Waals surface area contributed by atoms with E-state index in [9.17, 15) is 4.79 Å². The summed E-state index contributed by atoms with van der Waals surface area (Å²) in [6.07, 6.45) is 0.950. The Hall–Kier alpha value is -1.55. The SMILES string of the molecule is C[C@@H]1O[C@H]1C(=O)N1CCCN(c2ccccc2)CC1. The Kier molecular flexibility index (Phi) is 3.42. The normalized spacial score (nSPS) is 27.0. The Morgan fingerprint density at radius 2 is 1.89 bits per heavy atom. The van der Waals surface area contributed by atoms with Gasteiger partial charge in [-0.25, -0.2) is 0 Å². The van der Waals surface area contributed by atoms with E-state index in [0.717, 1.165) is 32.6 Å². The van der Waals surface area contributed by atoms with Crippen LogP contribution in [0.25, 0.3) is 0 Å². The van der Waals surface area contributed by atoms with Crippen LogP contribution in [0.15, 0.2) is 30.3 Å². The van der Waals surface area contributed by atoms with Gasteiger partial charge in [-0.3, -0.25) is 4.79 Å². The molecule has 2 aliphatic rings. The molecule has 1 aromatic carbocycles. The lowest BCUT2D eigenvalue weighted by Crippen LogP contribution is -2.38. The van der Waals surface area contributed by atoms with E-state index in [1.807, 2.05) is 17.9 Å². The van der Waals surface area contributed by atoms with E-state index in [0.29, 0.717) is 0 Å². The number of benzene rings is 1. The fourth-order valence-electron chi connectivity index (χ4n) is 2.66. The molecule has 1 amide bonds. The number of carbonyl (C=O) groups is 1. The number of hydrogen-bond donors (Lipinski definition) is 0. The molecular formula is C15H20N2O2. The van der Waals surface area contributed by atoms with E-state index < -0.39 is 0 Å². The molecule has 4 heteroatoms. The third kappa shape index (κ3) is 2.73. The number of amides is 1. The molecule has 102 valence electrons. The number of hydrogen-bond acceptors (Lipinski definition) is 3. The van der Waals surface area contributed by atoms with Gasteiger partial charge in [-0.2, -0.15) is 0 Å². The molecule has 0 radical (unpaired) electrons. The van der Waals surface area contributed by atoms with Crippen LogP contribution < -0.4 is 4.90 Å². The summed E-state index contributed by atoms with van der Waals surface area (Å²) >= 11 is 0. The summed E-state index contributed by atoms with van der Waals surface area (Å²) in [4.78, 5) is 16.5. The minimum absolute atomic E-state index is 0.112. The number of rotatable bonds is 2. The van der Waals surface area contributed by atoms with Crippen molar-refractivity contribution in [3.05, 3.63) is 30.3 Å². The Morgan fingerprint density at radius 1 is 1.16 bits per heavy atom. The Morgan fingerprint density at radius 3 is 2.58 bits per heavy atom. The van der Waals surface area contributed by atoms with Crippen LogP contribution >= 0.6 is 0 Å². The highest BCUT2D eigenvalue weighted by molar-refractivity contribution is 5.83. The summed E-state index contributed by atoms with van der Waals surface area (Å²) in [5, 5.41) is 0. The van der Waals surface area contributed by atoms with Gasteiger partial charge in [-0.15, -0.1) is 0 Å². The van der Waals surface area contributed by atoms with Gasteiger partial charge >= 0.3 is 0 Å². The van der Waals surface area contributed by atoms with Crippen molar-refractivity contribution in [2.75, 3.05) is 31.1 Å². The quantitative estimate of drug-likeness (QED) is 0.756. The number of carbonyl (C=O) groups excluding carboxylic acids is 1. The van der Waals surface area contributed by atoms with Gasteiger partial charge in [0, 0.05) is 31.9 Å². The lowest BCUT2D eigenvalue weighted by Gasteiger charge is -2.23. The van der Waals surface area contributed by atoms with Gasteiger partial charge < -0.3 is 14.5 Å². The zero-order valence-corrected chi connectivity index (χ0v) is 11.3. The molecule has 19 heavy (non-hydrogen) atoms. The summed E-state index contributed by atoms with van der Waals surface area (Å²) in [6, 6.07) is 10.4. The molecule has 2 heterocycles. The molecule has 1 aromatic rings. The zero-order chi connectivity index (χ0) is 13.2. The van der Waals surface area contributed by atoms with Crippen LogP contribution in [0.1, 0.15) is 13.3 Å². The molecule has 2 aliphatic heterocycles. The van der Waals surface area contributed by atoms with E-state index in [2.05, 4.69) is 29.2 Å². The molecule has 0 saturated carbocycles. The fraction of sp³-hybridized carbons (Fsp3) is 0.533. The fourth-order valence-corrected chi connectivity index (χ4v) is 2.66. The van der Waals surface area contributed by atoms with Crippen LogP contribution in [0.3, 0.4) is 0 Å². The average Bonchev–Trinajstić information content (AvgIpc) is 3.21. The van der Waals surface area contributed by atoms with Crippen molar-refractivity contribution in [3.63, 3.8) is 0 Å². The summed E-state index contributed by atoms with van der Waals surface area (Å²) < 4.78 is 5.28. The molecule has 0 N–H and O–H groups in total. The smallest absolute Gasteiger partial charge is 0.254 e. The molecule has 0 spiro atoms. The predicted octanol–water partition coefficient (Wildman–Crippen LogP) is 1.51. The maximum Gasteiger partial charge on any atom is 0.254 e. The summed E-state index contributed by atoms with van der Waals surface area (Å²) in [7, 11) is 0. The maximum atomic E-state index is 12.1. The largest absolute Gasteiger partial charge is 0.370 e. The highest BCUT2D eigenvalue weighted by Crippen LogP contribution is 2.24. The first-order valence-electron chi connectivity index (χ1n) is 7.00. The van der Waals surface area contributed by atoms with Gasteiger partial charge in [0.2, 0.25) is 0 Å². The summed E-state index contributed by atoms with van der Waals surface area (Å²) in [5.74, 6) is 0.169. The number of ether oxygens (including phenoxy) is 1.